The molecule has 7 nitrogen and oxygen atoms in total. The van der Waals surface area contributed by atoms with Crippen LogP contribution in [0.5, 0.6) is 0 Å². The van der Waals surface area contributed by atoms with Crippen LogP contribution in [0.25, 0.3) is 23.2 Å². The Bertz CT molecular complexity index is 1110. The zero-order valence-corrected chi connectivity index (χ0v) is 25.7. The minimum Gasteiger partial charge on any atom is -0.378 e. The number of ketones is 1. The Morgan fingerprint density at radius 1 is 1.11 bits per heavy atom. The number of morpholine rings is 1. The Labute approximate surface area is 238 Å². The van der Waals surface area contributed by atoms with E-state index < -0.39 is 0 Å². The summed E-state index contributed by atoms with van der Waals surface area (Å²) >= 11 is 0. The first-order valence-corrected chi connectivity index (χ1v) is 12.4. The van der Waals surface area contributed by atoms with Crippen molar-refractivity contribution in [2.75, 3.05) is 31.2 Å². The average Bonchev–Trinajstić information content (AvgIpc) is 3.39. The monoisotopic (exact) mass is 711 g/mol. The van der Waals surface area contributed by atoms with Crippen LogP contribution >= 0.6 is 0 Å². The summed E-state index contributed by atoms with van der Waals surface area (Å²) in [6, 6.07) is 13.3. The number of ether oxygens (including phenoxy) is 1. The van der Waals surface area contributed by atoms with E-state index >= 15 is 0 Å². The summed E-state index contributed by atoms with van der Waals surface area (Å²) in [5, 5.41) is 4.48. The van der Waals surface area contributed by atoms with Crippen LogP contribution in [0, 0.1) is 44.1 Å². The molecule has 1 aliphatic rings. The first kappa shape index (κ1) is 29.8. The number of anilines is 1. The maximum atomic E-state index is 12.4. The van der Waals surface area contributed by atoms with Gasteiger partial charge in [-0.2, -0.15) is 22.8 Å². The van der Waals surface area contributed by atoms with Crippen LogP contribution in [-0.2, 0) is 9.53 Å². The molecule has 1 aromatic carbocycles. The smallest absolute Gasteiger partial charge is 0.378 e. The summed E-state index contributed by atoms with van der Waals surface area (Å²) in [5.74, 6) is 1.11. The molecular weight excluding hydrogens is 676 g/mol. The van der Waals surface area contributed by atoms with Crippen molar-refractivity contribution in [3.8, 4) is 17.1 Å². The van der Waals surface area contributed by atoms with Crippen molar-refractivity contribution < 1.29 is 40.6 Å². The Morgan fingerprint density at radius 3 is 2.47 bits per heavy atom. The van der Waals surface area contributed by atoms with Crippen LogP contribution < -0.4 is 4.90 Å². The second-order valence-electron chi connectivity index (χ2n) is 8.40. The number of hydrogen-bond donors (Lipinski definition) is 0. The van der Waals surface area contributed by atoms with E-state index in [1.165, 1.54) is 6.42 Å². The van der Waals surface area contributed by atoms with E-state index in [-0.39, 0.29) is 36.9 Å². The van der Waals surface area contributed by atoms with Gasteiger partial charge in [0.05, 0.1) is 19.4 Å². The van der Waals surface area contributed by atoms with Gasteiger partial charge < -0.3 is 14.4 Å². The molecule has 0 amide bonds. The molecule has 2 aromatic heterocycles. The van der Waals surface area contributed by atoms with Gasteiger partial charge in [0.2, 0.25) is 5.95 Å². The maximum absolute atomic E-state index is 12.4. The summed E-state index contributed by atoms with van der Waals surface area (Å²) in [7, 11) is 0. The van der Waals surface area contributed by atoms with Gasteiger partial charge in [-0.3, -0.25) is 4.98 Å². The Hall–Kier alpha value is -2.40. The third-order valence-corrected chi connectivity index (χ3v) is 5.30. The van der Waals surface area contributed by atoms with Gasteiger partial charge in [0.25, 0.3) is 0 Å². The van der Waals surface area contributed by atoms with Crippen LogP contribution in [0.3, 0.4) is 0 Å². The van der Waals surface area contributed by atoms with E-state index in [4.69, 9.17) is 9.72 Å². The van der Waals surface area contributed by atoms with Crippen LogP contribution in [0.15, 0.2) is 48.3 Å². The number of carbonyl (C=O) groups excluding carboxylic acids is 1. The van der Waals surface area contributed by atoms with Crippen LogP contribution in [-0.4, -0.2) is 51.8 Å². The van der Waals surface area contributed by atoms with Gasteiger partial charge in [-0.15, -0.1) is 0 Å². The van der Waals surface area contributed by atoms with E-state index in [9.17, 15) is 4.79 Å². The zero-order valence-electron chi connectivity index (χ0n) is 21.5. The fourth-order valence-electron chi connectivity index (χ4n) is 3.45. The van der Waals surface area contributed by atoms with Gasteiger partial charge >= 0.3 is 31.1 Å². The summed E-state index contributed by atoms with van der Waals surface area (Å²) in [5.41, 5.74) is 2.98. The molecule has 188 valence electrons. The average molecular weight is 712 g/mol. The van der Waals surface area contributed by atoms with E-state index in [1.54, 1.807) is 17.0 Å². The molecule has 0 spiro atoms. The molecule has 0 bridgehead atoms. The third-order valence-electron chi connectivity index (χ3n) is 5.30. The van der Waals surface area contributed by atoms with Crippen LogP contribution in [0.2, 0.25) is 0 Å². The fourth-order valence-corrected chi connectivity index (χ4v) is 3.45. The first-order valence-electron chi connectivity index (χ1n) is 12.4. The Balaban J connectivity index is 0.00000109. The number of aromatic nitrogens is 4. The summed E-state index contributed by atoms with van der Waals surface area (Å²) < 4.78 is 7.12. The predicted octanol–water partition coefficient (Wildman–Crippen LogP) is 5.36. The first-order chi connectivity index (χ1) is 17.0. The summed E-state index contributed by atoms with van der Waals surface area (Å²) in [6.07, 6.45) is 8.93. The molecule has 8 heteroatoms. The molecule has 0 unspecified atom stereocenters. The molecule has 3 aromatic rings. The molecule has 0 atom stereocenters. The van der Waals surface area contributed by atoms with Gasteiger partial charge in [-0.1, -0.05) is 76.1 Å². The molecule has 1 fully saturated rings. The van der Waals surface area contributed by atoms with Gasteiger partial charge in [0, 0.05) is 36.5 Å². The minimum absolute atomic E-state index is 0. The molecule has 4 rings (SSSR count). The van der Waals surface area contributed by atoms with Gasteiger partial charge in [0.1, 0.15) is 0 Å². The standard InChI is InChI=1S/C25H27N5O2.C3H8.U/c1-3-4-10-23(31)19(2)15-22-16-24(29-11-13-32-14-12-29)28-25(27-22)30-18-21(17-26-30)20-8-6-5-7-9-20;1-3-2;/h5-9,15,17-18H,2-4,10-14H2,1H3;3H2,1-2H3;/q-2;;+2/b19-15+;;. The number of nitrogens with zero attached hydrogens (tertiary/aromatic N) is 5. The van der Waals surface area contributed by atoms with E-state index in [0.717, 1.165) is 37.1 Å². The third kappa shape index (κ3) is 8.62. The molecule has 1 aliphatic heterocycles. The molecule has 3 heterocycles. The summed E-state index contributed by atoms with van der Waals surface area (Å²) in [6.45, 7) is 13.0. The van der Waals surface area contributed by atoms with Crippen molar-refractivity contribution >= 4 is 17.7 Å². The number of Topliss-reactive ketones (excluding diaryl/α,β-unsaturated/α-hetero) is 1. The molecule has 36 heavy (non-hydrogen) atoms. The van der Waals surface area contributed by atoms with Crippen LogP contribution in [0.1, 0.15) is 52.1 Å². The van der Waals surface area contributed by atoms with Crippen LogP contribution in [0.4, 0.5) is 5.82 Å². The molecule has 0 radical (unpaired) electrons. The van der Waals surface area contributed by atoms with E-state index in [1.807, 2.05) is 36.5 Å². The van der Waals surface area contributed by atoms with E-state index in [2.05, 4.69) is 48.7 Å². The molecule has 0 saturated carbocycles. The Kier molecular flexibility index (Phi) is 13.0. The van der Waals surface area contributed by atoms with Crippen molar-refractivity contribution in [1.29, 1.82) is 0 Å². The normalized spacial score (nSPS) is 13.4. The van der Waals surface area contributed by atoms with Gasteiger partial charge in [0.15, 0.2) is 0 Å². The van der Waals surface area contributed by atoms with Gasteiger partial charge in [-0.05, 0) is 12.0 Å². The van der Waals surface area contributed by atoms with E-state index in [0.29, 0.717) is 42.7 Å². The van der Waals surface area contributed by atoms with Crippen molar-refractivity contribution in [2.45, 2.75) is 46.5 Å². The largest absolute Gasteiger partial charge is 2.00 e. The minimum atomic E-state index is 0. The van der Waals surface area contributed by atoms with Gasteiger partial charge in [-0.25, -0.2) is 16.6 Å². The molecule has 0 aliphatic carbocycles. The number of allylic oxidation sites excluding steroid dienone is 1. The van der Waals surface area contributed by atoms with Crippen molar-refractivity contribution in [3.05, 3.63) is 67.0 Å². The topological polar surface area (TPSA) is 73.1 Å². The van der Waals surface area contributed by atoms with Crippen molar-refractivity contribution in [2.24, 2.45) is 0 Å². The van der Waals surface area contributed by atoms with Crippen molar-refractivity contribution in [3.63, 3.8) is 0 Å². The summed E-state index contributed by atoms with van der Waals surface area (Å²) in [4.78, 5) is 23.8. The Morgan fingerprint density at radius 2 is 1.81 bits per heavy atom. The van der Waals surface area contributed by atoms with Crippen molar-refractivity contribution in [1.82, 2.24) is 19.7 Å². The number of hydrogen-bond acceptors (Lipinski definition) is 6. The SMILES string of the molecule is CCC.[CH2-]/C(=C\c1[c-]c(N2CCOCC2)nc(-n2cc(-c3ccccc3)cn2)n1)C(=O)CCCC.[U+2]. The number of carbonyl (C=O) groups is 1. The number of benzene rings is 1. The molecule has 1 saturated heterocycles. The number of unbranched alkanes of at least 4 members (excludes halogenated alkanes) is 1. The second-order valence-corrected chi connectivity index (χ2v) is 8.40. The quantitative estimate of drug-likeness (QED) is 0.232. The fraction of sp³-hybridized carbons (Fsp3) is 0.393. The second kappa shape index (κ2) is 15.7. The number of rotatable bonds is 8. The molecular formula is C28H35N5O2U. The predicted molar refractivity (Wildman–Crippen MR) is 140 cm³/mol. The molecule has 0 N–H and O–H groups in total. The maximum Gasteiger partial charge on any atom is 2.00 e. The zero-order chi connectivity index (χ0) is 25.0.